The zero-order valence-electron chi connectivity index (χ0n) is 8.42. The Kier molecular flexibility index (Phi) is 4.76. The van der Waals surface area contributed by atoms with Crippen LogP contribution in [0, 0.1) is 21.4 Å². The normalized spacial score (nSPS) is 9.75. The van der Waals surface area contributed by atoms with Crippen molar-refractivity contribution >= 4 is 17.4 Å². The summed E-state index contributed by atoms with van der Waals surface area (Å²) >= 11 is 1.46. The predicted octanol–water partition coefficient (Wildman–Crippen LogP) is 1.94. The maximum absolute atomic E-state index is 10.6. The van der Waals surface area contributed by atoms with Crippen LogP contribution in [-0.4, -0.2) is 22.4 Å². The van der Waals surface area contributed by atoms with Gasteiger partial charge in [0.2, 0.25) is 0 Å². The van der Waals surface area contributed by atoms with Gasteiger partial charge in [-0.05, 0) is 18.6 Å². The second kappa shape index (κ2) is 6.10. The lowest BCUT2D eigenvalue weighted by molar-refractivity contribution is -0.385. The second-order valence-corrected chi connectivity index (χ2v) is 4.14. The van der Waals surface area contributed by atoms with Crippen LogP contribution in [0.15, 0.2) is 23.1 Å². The van der Waals surface area contributed by atoms with Gasteiger partial charge in [0.05, 0.1) is 4.92 Å². The van der Waals surface area contributed by atoms with Gasteiger partial charge in [0.1, 0.15) is 11.6 Å². The summed E-state index contributed by atoms with van der Waals surface area (Å²) < 4.78 is 0. The van der Waals surface area contributed by atoms with E-state index in [2.05, 4.69) is 0 Å². The van der Waals surface area contributed by atoms with E-state index in [1.54, 1.807) is 12.1 Å². The topological polar surface area (TPSA) is 87.2 Å². The number of nitro benzene ring substituents is 1. The van der Waals surface area contributed by atoms with Crippen molar-refractivity contribution in [1.29, 1.82) is 5.26 Å². The molecule has 0 heterocycles. The molecule has 1 N–H and O–H groups in total. The van der Waals surface area contributed by atoms with E-state index in [0.717, 1.165) is 10.6 Å². The standard InChI is InChI=1S/C10H10N2O3S/c11-7-8-6-9(16-5-1-4-13)2-3-10(8)12(14)15/h2-3,6,13H,1,4-5H2. The number of thioether (sulfide) groups is 1. The predicted molar refractivity (Wildman–Crippen MR) is 60.2 cm³/mol. The first kappa shape index (κ1) is 12.5. The van der Waals surface area contributed by atoms with Gasteiger partial charge in [-0.2, -0.15) is 5.26 Å². The highest BCUT2D eigenvalue weighted by molar-refractivity contribution is 7.99. The largest absolute Gasteiger partial charge is 0.396 e. The van der Waals surface area contributed by atoms with E-state index in [0.29, 0.717) is 6.42 Å². The van der Waals surface area contributed by atoms with Gasteiger partial charge in [0.25, 0.3) is 5.69 Å². The number of aliphatic hydroxyl groups excluding tert-OH is 1. The Labute approximate surface area is 96.9 Å². The molecular formula is C10H10N2O3S. The van der Waals surface area contributed by atoms with Crippen molar-refractivity contribution in [2.45, 2.75) is 11.3 Å². The molecule has 0 atom stereocenters. The Balaban J connectivity index is 2.84. The fourth-order valence-electron chi connectivity index (χ4n) is 1.11. The average Bonchev–Trinajstić information content (AvgIpc) is 2.29. The van der Waals surface area contributed by atoms with Crippen LogP contribution in [0.1, 0.15) is 12.0 Å². The second-order valence-electron chi connectivity index (χ2n) is 2.97. The van der Waals surface area contributed by atoms with Crippen LogP contribution in [0.25, 0.3) is 0 Å². The van der Waals surface area contributed by atoms with Gasteiger partial charge in [-0.3, -0.25) is 10.1 Å². The minimum Gasteiger partial charge on any atom is -0.396 e. The van der Waals surface area contributed by atoms with E-state index in [-0.39, 0.29) is 17.9 Å². The molecule has 1 aromatic carbocycles. The third kappa shape index (κ3) is 3.22. The molecule has 0 saturated carbocycles. The SMILES string of the molecule is N#Cc1cc(SCCCO)ccc1[N+](=O)[O-]. The number of nitro groups is 1. The van der Waals surface area contributed by atoms with Crippen LogP contribution >= 0.6 is 11.8 Å². The molecule has 0 fully saturated rings. The number of nitriles is 1. The smallest absolute Gasteiger partial charge is 0.287 e. The van der Waals surface area contributed by atoms with Gasteiger partial charge in [0.15, 0.2) is 0 Å². The molecular weight excluding hydrogens is 228 g/mol. The molecule has 0 aliphatic rings. The number of aliphatic hydroxyl groups is 1. The highest BCUT2D eigenvalue weighted by atomic mass is 32.2. The van der Waals surface area contributed by atoms with Gasteiger partial charge >= 0.3 is 0 Å². The summed E-state index contributed by atoms with van der Waals surface area (Å²) in [5.74, 6) is 0.721. The molecule has 84 valence electrons. The highest BCUT2D eigenvalue weighted by Crippen LogP contribution is 2.25. The third-order valence-corrected chi connectivity index (χ3v) is 2.94. The van der Waals surface area contributed by atoms with Crippen molar-refractivity contribution in [3.05, 3.63) is 33.9 Å². The number of hydrogen-bond donors (Lipinski definition) is 1. The van der Waals surface area contributed by atoms with Crippen molar-refractivity contribution in [3.63, 3.8) is 0 Å². The van der Waals surface area contributed by atoms with E-state index in [4.69, 9.17) is 10.4 Å². The van der Waals surface area contributed by atoms with Crippen LogP contribution in [0.4, 0.5) is 5.69 Å². The number of hydrogen-bond acceptors (Lipinski definition) is 5. The highest BCUT2D eigenvalue weighted by Gasteiger charge is 2.13. The zero-order valence-corrected chi connectivity index (χ0v) is 9.24. The van der Waals surface area contributed by atoms with E-state index in [1.807, 2.05) is 0 Å². The third-order valence-electron chi connectivity index (χ3n) is 1.86. The van der Waals surface area contributed by atoms with Crippen LogP contribution in [-0.2, 0) is 0 Å². The van der Waals surface area contributed by atoms with E-state index >= 15 is 0 Å². The van der Waals surface area contributed by atoms with E-state index < -0.39 is 4.92 Å². The fraction of sp³-hybridized carbons (Fsp3) is 0.300. The molecule has 0 amide bonds. The number of nitrogens with zero attached hydrogens (tertiary/aromatic N) is 2. The first-order chi connectivity index (χ1) is 7.69. The molecule has 16 heavy (non-hydrogen) atoms. The summed E-state index contributed by atoms with van der Waals surface area (Å²) in [6, 6.07) is 6.25. The van der Waals surface area contributed by atoms with E-state index in [1.165, 1.54) is 23.9 Å². The summed E-state index contributed by atoms with van der Waals surface area (Å²) in [4.78, 5) is 10.8. The average molecular weight is 238 g/mol. The lowest BCUT2D eigenvalue weighted by atomic mass is 10.2. The minimum atomic E-state index is -0.569. The van der Waals surface area contributed by atoms with Crippen LogP contribution < -0.4 is 0 Å². The molecule has 0 bridgehead atoms. The number of benzene rings is 1. The first-order valence-electron chi connectivity index (χ1n) is 4.61. The summed E-state index contributed by atoms with van der Waals surface area (Å²) in [6.45, 7) is 0.116. The Hall–Kier alpha value is -1.58. The van der Waals surface area contributed by atoms with Gasteiger partial charge in [0, 0.05) is 23.3 Å². The monoisotopic (exact) mass is 238 g/mol. The zero-order chi connectivity index (χ0) is 12.0. The van der Waals surface area contributed by atoms with Crippen LogP contribution in [0.3, 0.4) is 0 Å². The van der Waals surface area contributed by atoms with Gasteiger partial charge < -0.3 is 5.11 Å². The van der Waals surface area contributed by atoms with Crippen molar-refractivity contribution in [1.82, 2.24) is 0 Å². The molecule has 0 spiro atoms. The molecule has 0 aliphatic carbocycles. The Morgan fingerprint density at radius 1 is 1.56 bits per heavy atom. The number of rotatable bonds is 5. The molecule has 1 rings (SSSR count). The quantitative estimate of drug-likeness (QED) is 0.366. The van der Waals surface area contributed by atoms with Crippen molar-refractivity contribution in [2.24, 2.45) is 0 Å². The van der Waals surface area contributed by atoms with Gasteiger partial charge in [-0.25, -0.2) is 0 Å². The molecule has 0 aromatic heterocycles. The van der Waals surface area contributed by atoms with Gasteiger partial charge in [-0.1, -0.05) is 0 Å². The van der Waals surface area contributed by atoms with Crippen molar-refractivity contribution in [2.75, 3.05) is 12.4 Å². The van der Waals surface area contributed by atoms with E-state index in [9.17, 15) is 10.1 Å². The molecule has 5 nitrogen and oxygen atoms in total. The lowest BCUT2D eigenvalue weighted by Crippen LogP contribution is -1.92. The summed E-state index contributed by atoms with van der Waals surface area (Å²) in [5.41, 5.74) is -0.104. The Morgan fingerprint density at radius 3 is 2.88 bits per heavy atom. The molecule has 0 saturated heterocycles. The van der Waals surface area contributed by atoms with Crippen molar-refractivity contribution in [3.8, 4) is 6.07 Å². The minimum absolute atomic E-state index is 0.0685. The lowest BCUT2D eigenvalue weighted by Gasteiger charge is -2.01. The van der Waals surface area contributed by atoms with Crippen LogP contribution in [0.5, 0.6) is 0 Å². The van der Waals surface area contributed by atoms with Gasteiger partial charge in [-0.15, -0.1) is 11.8 Å². The Morgan fingerprint density at radius 2 is 2.31 bits per heavy atom. The van der Waals surface area contributed by atoms with Crippen molar-refractivity contribution < 1.29 is 10.0 Å². The molecule has 0 radical (unpaired) electrons. The van der Waals surface area contributed by atoms with Crippen LogP contribution in [0.2, 0.25) is 0 Å². The summed E-state index contributed by atoms with van der Waals surface area (Å²) in [7, 11) is 0. The fourth-order valence-corrected chi connectivity index (χ4v) is 1.98. The Bertz CT molecular complexity index is 429. The summed E-state index contributed by atoms with van der Waals surface area (Å²) in [6.07, 6.45) is 0.656. The first-order valence-corrected chi connectivity index (χ1v) is 5.60. The molecule has 1 aromatic rings. The maximum atomic E-state index is 10.6. The molecule has 6 heteroatoms. The molecule has 0 unspecified atom stereocenters. The summed E-state index contributed by atoms with van der Waals surface area (Å²) in [5, 5.41) is 27.9. The maximum Gasteiger partial charge on any atom is 0.287 e. The molecule has 0 aliphatic heterocycles.